The van der Waals surface area contributed by atoms with Gasteiger partial charge in [-0.2, -0.15) is 0 Å². The lowest BCUT2D eigenvalue weighted by atomic mass is 10.1. The largest absolute Gasteiger partial charge is 0.331 e. The van der Waals surface area contributed by atoms with E-state index < -0.39 is 5.82 Å². The number of nitrogens with zero attached hydrogens (tertiary/aromatic N) is 3. The molecule has 0 saturated carbocycles. The molecule has 29 heavy (non-hydrogen) atoms. The summed E-state index contributed by atoms with van der Waals surface area (Å²) in [5.74, 6) is 0.344. The van der Waals surface area contributed by atoms with E-state index in [4.69, 9.17) is 23.2 Å². The van der Waals surface area contributed by atoms with E-state index >= 15 is 0 Å². The summed E-state index contributed by atoms with van der Waals surface area (Å²) >= 11 is 12.1. The summed E-state index contributed by atoms with van der Waals surface area (Å²) in [6.07, 6.45) is 3.56. The first-order valence-corrected chi connectivity index (χ1v) is 10.1. The molecule has 4 nitrogen and oxygen atoms in total. The Bertz CT molecular complexity index is 1000. The summed E-state index contributed by atoms with van der Waals surface area (Å²) in [6.45, 7) is 5.48. The average molecular weight is 434 g/mol. The molecule has 3 aromatic rings. The Morgan fingerprint density at radius 2 is 1.97 bits per heavy atom. The van der Waals surface area contributed by atoms with E-state index in [1.54, 1.807) is 29.3 Å². The maximum atomic E-state index is 13.6. The van der Waals surface area contributed by atoms with E-state index in [1.165, 1.54) is 12.1 Å². The minimum Gasteiger partial charge on any atom is -0.331 e. The Hall–Kier alpha value is -2.37. The number of hydrogen-bond donors (Lipinski definition) is 0. The molecule has 0 aliphatic rings. The van der Waals surface area contributed by atoms with E-state index in [1.807, 2.05) is 36.7 Å². The van der Waals surface area contributed by atoms with Crippen molar-refractivity contribution >= 4 is 29.1 Å². The zero-order valence-corrected chi connectivity index (χ0v) is 17.8. The summed E-state index contributed by atoms with van der Waals surface area (Å²) in [7, 11) is 0. The molecule has 0 bridgehead atoms. The number of aromatic nitrogens is 2. The topological polar surface area (TPSA) is 38.1 Å². The Kier molecular flexibility index (Phi) is 6.93. The van der Waals surface area contributed by atoms with Gasteiger partial charge in [-0.15, -0.1) is 0 Å². The standard InChI is InChI=1S/C22H22Cl2FN3O/c1-15(2)12-28(22(29)17-4-3-5-18(25)11-17)14-21-26-8-9-27(21)13-16-6-7-19(23)20(24)10-16/h3-11,15H,12-14H2,1-2H3. The van der Waals surface area contributed by atoms with Crippen LogP contribution >= 0.6 is 23.2 Å². The van der Waals surface area contributed by atoms with Crippen LogP contribution < -0.4 is 0 Å². The van der Waals surface area contributed by atoms with Gasteiger partial charge in [0.25, 0.3) is 5.91 Å². The molecular weight excluding hydrogens is 412 g/mol. The van der Waals surface area contributed by atoms with Crippen LogP contribution in [0.5, 0.6) is 0 Å². The van der Waals surface area contributed by atoms with E-state index in [0.29, 0.717) is 35.2 Å². The lowest BCUT2D eigenvalue weighted by Gasteiger charge is -2.25. The Balaban J connectivity index is 1.82. The number of hydrogen-bond acceptors (Lipinski definition) is 2. The molecule has 2 aromatic carbocycles. The van der Waals surface area contributed by atoms with E-state index in [2.05, 4.69) is 4.98 Å². The predicted octanol–water partition coefficient (Wildman–Crippen LogP) is 5.68. The van der Waals surface area contributed by atoms with Crippen molar-refractivity contribution in [2.45, 2.75) is 26.9 Å². The molecule has 0 unspecified atom stereocenters. The molecule has 0 N–H and O–H groups in total. The van der Waals surface area contributed by atoms with Crippen LogP contribution in [0.15, 0.2) is 54.9 Å². The molecule has 7 heteroatoms. The molecular formula is C22H22Cl2FN3O. The lowest BCUT2D eigenvalue weighted by molar-refractivity contribution is 0.0715. The first-order chi connectivity index (χ1) is 13.8. The Labute approximate surface area is 179 Å². The van der Waals surface area contributed by atoms with Gasteiger partial charge < -0.3 is 9.47 Å². The van der Waals surface area contributed by atoms with Crippen LogP contribution in [0.4, 0.5) is 4.39 Å². The first kappa shape index (κ1) is 21.3. The SMILES string of the molecule is CC(C)CN(Cc1nccn1Cc1ccc(Cl)c(Cl)c1)C(=O)c1cccc(F)c1. The van der Waals surface area contributed by atoms with Crippen LogP contribution in [0.2, 0.25) is 10.0 Å². The van der Waals surface area contributed by atoms with Gasteiger partial charge in [-0.05, 0) is 41.8 Å². The fourth-order valence-electron chi connectivity index (χ4n) is 3.11. The van der Waals surface area contributed by atoms with Crippen molar-refractivity contribution in [2.75, 3.05) is 6.54 Å². The number of benzene rings is 2. The summed E-state index contributed by atoms with van der Waals surface area (Å²) in [6, 6.07) is 11.2. The second kappa shape index (κ2) is 9.42. The molecule has 0 saturated heterocycles. The van der Waals surface area contributed by atoms with Crippen molar-refractivity contribution in [3.63, 3.8) is 0 Å². The molecule has 1 amide bonds. The minimum atomic E-state index is -0.429. The lowest BCUT2D eigenvalue weighted by Crippen LogP contribution is -2.34. The quantitative estimate of drug-likeness (QED) is 0.480. The molecule has 1 aromatic heterocycles. The third-order valence-electron chi connectivity index (χ3n) is 4.42. The fraction of sp³-hybridized carbons (Fsp3) is 0.273. The van der Waals surface area contributed by atoms with Crippen LogP contribution in [-0.2, 0) is 13.1 Å². The number of rotatable bonds is 7. The number of imidazole rings is 1. The number of amides is 1. The zero-order valence-electron chi connectivity index (χ0n) is 16.3. The highest BCUT2D eigenvalue weighted by Crippen LogP contribution is 2.23. The van der Waals surface area contributed by atoms with Crippen LogP contribution in [-0.4, -0.2) is 26.9 Å². The number of halogens is 3. The van der Waals surface area contributed by atoms with E-state index in [-0.39, 0.29) is 11.8 Å². The molecule has 0 fully saturated rings. The maximum Gasteiger partial charge on any atom is 0.254 e. The Morgan fingerprint density at radius 3 is 2.66 bits per heavy atom. The molecule has 0 aliphatic carbocycles. The molecule has 0 spiro atoms. The summed E-state index contributed by atoms with van der Waals surface area (Å²) < 4.78 is 15.6. The van der Waals surface area contributed by atoms with Gasteiger partial charge in [-0.3, -0.25) is 4.79 Å². The third-order valence-corrected chi connectivity index (χ3v) is 5.15. The van der Waals surface area contributed by atoms with Crippen LogP contribution in [0.3, 0.4) is 0 Å². The van der Waals surface area contributed by atoms with Crippen LogP contribution in [0.25, 0.3) is 0 Å². The monoisotopic (exact) mass is 433 g/mol. The predicted molar refractivity (Wildman–Crippen MR) is 114 cm³/mol. The van der Waals surface area contributed by atoms with Gasteiger partial charge in [0.1, 0.15) is 11.6 Å². The zero-order chi connectivity index (χ0) is 21.0. The third kappa shape index (κ3) is 5.58. The fourth-order valence-corrected chi connectivity index (χ4v) is 3.43. The van der Waals surface area contributed by atoms with Crippen LogP contribution in [0.1, 0.15) is 35.6 Å². The van der Waals surface area contributed by atoms with Gasteiger partial charge in [-0.1, -0.05) is 49.2 Å². The van der Waals surface area contributed by atoms with Crippen molar-refractivity contribution in [3.8, 4) is 0 Å². The first-order valence-electron chi connectivity index (χ1n) is 9.32. The normalized spacial score (nSPS) is 11.1. The van der Waals surface area contributed by atoms with Gasteiger partial charge in [0, 0.05) is 31.0 Å². The highest BCUT2D eigenvalue weighted by molar-refractivity contribution is 6.42. The van der Waals surface area contributed by atoms with Crippen molar-refractivity contribution in [2.24, 2.45) is 5.92 Å². The number of carbonyl (C=O) groups excluding carboxylic acids is 1. The molecule has 0 atom stereocenters. The van der Waals surface area contributed by atoms with Gasteiger partial charge in [0.05, 0.1) is 16.6 Å². The van der Waals surface area contributed by atoms with Gasteiger partial charge in [0.15, 0.2) is 0 Å². The molecule has 0 aliphatic heterocycles. The molecule has 152 valence electrons. The van der Waals surface area contributed by atoms with Gasteiger partial charge in [-0.25, -0.2) is 9.37 Å². The van der Waals surface area contributed by atoms with E-state index in [9.17, 15) is 9.18 Å². The number of carbonyl (C=O) groups is 1. The Morgan fingerprint density at radius 1 is 1.17 bits per heavy atom. The second-order valence-corrected chi connectivity index (χ2v) is 8.12. The molecule has 1 heterocycles. The maximum absolute atomic E-state index is 13.6. The van der Waals surface area contributed by atoms with E-state index in [0.717, 1.165) is 11.4 Å². The van der Waals surface area contributed by atoms with Gasteiger partial charge in [0.2, 0.25) is 0 Å². The van der Waals surface area contributed by atoms with Gasteiger partial charge >= 0.3 is 0 Å². The van der Waals surface area contributed by atoms with Crippen molar-refractivity contribution in [1.29, 1.82) is 0 Å². The summed E-state index contributed by atoms with van der Waals surface area (Å²) in [4.78, 5) is 19.1. The smallest absolute Gasteiger partial charge is 0.254 e. The van der Waals surface area contributed by atoms with Crippen molar-refractivity contribution < 1.29 is 9.18 Å². The molecule has 0 radical (unpaired) electrons. The highest BCUT2D eigenvalue weighted by Gasteiger charge is 2.20. The minimum absolute atomic E-state index is 0.220. The highest BCUT2D eigenvalue weighted by atomic mass is 35.5. The average Bonchev–Trinajstić information content (AvgIpc) is 3.10. The summed E-state index contributed by atoms with van der Waals surface area (Å²) in [5, 5.41) is 0.999. The summed E-state index contributed by atoms with van der Waals surface area (Å²) in [5.41, 5.74) is 1.30. The second-order valence-electron chi connectivity index (χ2n) is 7.31. The van der Waals surface area contributed by atoms with Crippen LogP contribution in [0, 0.1) is 11.7 Å². The van der Waals surface area contributed by atoms with Crippen molar-refractivity contribution in [1.82, 2.24) is 14.5 Å². The molecule has 3 rings (SSSR count). The van der Waals surface area contributed by atoms with Crippen molar-refractivity contribution in [3.05, 3.63) is 87.7 Å².